The molecule has 0 radical (unpaired) electrons. The van der Waals surface area contributed by atoms with Gasteiger partial charge in [-0.2, -0.15) is 4.57 Å². The topological polar surface area (TPSA) is 114 Å². The molecule has 1 aliphatic carbocycles. The number of halogens is 1. The summed E-state index contributed by atoms with van der Waals surface area (Å²) in [6.07, 6.45) is 2.95. The fraction of sp³-hybridized carbons (Fsp3) is 0.294. The van der Waals surface area contributed by atoms with Crippen LogP contribution in [0.25, 0.3) is 0 Å². The van der Waals surface area contributed by atoms with E-state index in [0.29, 0.717) is 0 Å². The van der Waals surface area contributed by atoms with Gasteiger partial charge in [-0.15, -0.1) is 0 Å². The molecule has 3 atom stereocenters. The molecule has 0 saturated carbocycles. The van der Waals surface area contributed by atoms with Crippen LogP contribution in [-0.4, -0.2) is 26.1 Å². The Balaban J connectivity index is 0.000000324. The fourth-order valence-corrected chi connectivity index (χ4v) is 3.74. The van der Waals surface area contributed by atoms with Crippen molar-refractivity contribution in [3.8, 4) is 0 Å². The second kappa shape index (κ2) is 6.70. The Kier molecular flexibility index (Phi) is 4.77. The van der Waals surface area contributed by atoms with Crippen LogP contribution in [0.3, 0.4) is 0 Å². The molecule has 7 nitrogen and oxygen atoms in total. The van der Waals surface area contributed by atoms with Crippen molar-refractivity contribution < 1.29 is 43.0 Å². The second-order valence-electron chi connectivity index (χ2n) is 5.97. The Labute approximate surface area is 146 Å². The Bertz CT molecular complexity index is 737. The number of carbonyl (C=O) groups excluding carboxylic acids is 1. The van der Waals surface area contributed by atoms with Crippen molar-refractivity contribution in [2.24, 2.45) is 0 Å². The number of rotatable bonds is 1. The van der Waals surface area contributed by atoms with E-state index in [4.69, 9.17) is 23.4 Å². The van der Waals surface area contributed by atoms with Crippen molar-refractivity contribution in [1.29, 1.82) is 0 Å². The van der Waals surface area contributed by atoms with Crippen LogP contribution in [0, 0.1) is 10.2 Å². The molecule has 3 N–H and O–H groups in total. The van der Waals surface area contributed by atoms with E-state index in [2.05, 4.69) is 53.2 Å². The van der Waals surface area contributed by atoms with Crippen molar-refractivity contribution in [2.45, 2.75) is 31.4 Å². The summed E-state index contributed by atoms with van der Waals surface area (Å²) in [5, 5.41) is 0. The predicted octanol–water partition coefficient (Wildman–Crippen LogP) is -0.516. The molecule has 0 spiro atoms. The Morgan fingerprint density at radius 1 is 1.16 bits per heavy atom. The van der Waals surface area contributed by atoms with Gasteiger partial charge in [0.2, 0.25) is 0 Å². The third-order valence-electron chi connectivity index (χ3n) is 4.41. The van der Waals surface area contributed by atoms with Gasteiger partial charge in [0.15, 0.2) is 17.9 Å². The van der Waals surface area contributed by atoms with E-state index in [0.717, 1.165) is 6.42 Å². The molecule has 1 aromatic carbocycles. The maximum atomic E-state index is 11.4. The molecule has 0 amide bonds. The minimum atomic E-state index is -4.19. The molecule has 2 bridgehead atoms. The first-order valence-corrected chi connectivity index (χ1v) is 9.00. The van der Waals surface area contributed by atoms with Gasteiger partial charge in [-0.05, 0) is 5.56 Å². The predicted molar refractivity (Wildman–Crippen MR) is 79.9 cm³/mol. The summed E-state index contributed by atoms with van der Waals surface area (Å²) in [4.78, 5) is 11.4. The van der Waals surface area contributed by atoms with Gasteiger partial charge >= 0.3 is 34.8 Å². The first kappa shape index (κ1) is 17.8. The van der Waals surface area contributed by atoms with E-state index in [9.17, 15) is 4.79 Å². The number of ether oxygens (including phenoxy) is 1. The summed E-state index contributed by atoms with van der Waals surface area (Å²) in [5.41, 5.74) is 3.92. The van der Waals surface area contributed by atoms with E-state index in [1.54, 1.807) is 0 Å². The zero-order valence-corrected chi connectivity index (χ0v) is 14.2. The molecule has 3 aliphatic rings. The molecule has 25 heavy (non-hydrogen) atoms. The minimum absolute atomic E-state index is 0.0465. The number of hydrogen-bond acceptors (Lipinski definition) is 6. The molecule has 1 aromatic heterocycles. The Hall–Kier alpha value is -2.03. The van der Waals surface area contributed by atoms with Crippen LogP contribution in [-0.2, 0) is 9.53 Å². The van der Waals surface area contributed by atoms with Gasteiger partial charge in [-0.1, -0.05) is 30.3 Å². The SMILES string of the molecule is CC(=O)OC1CC2c3ccccc3C1c1cccc[n+]12.[O-][Cl+](O)(O)O. The van der Waals surface area contributed by atoms with Gasteiger partial charge in [0.25, 0.3) is 0 Å². The van der Waals surface area contributed by atoms with Crippen LogP contribution in [0.2, 0.25) is 0 Å². The maximum absolute atomic E-state index is 11.4. The van der Waals surface area contributed by atoms with Crippen molar-refractivity contribution in [1.82, 2.24) is 0 Å². The number of pyridine rings is 1. The van der Waals surface area contributed by atoms with Crippen LogP contribution in [0.15, 0.2) is 48.7 Å². The molecule has 0 saturated heterocycles. The van der Waals surface area contributed by atoms with Crippen LogP contribution >= 0.6 is 0 Å². The molecule has 8 heteroatoms. The van der Waals surface area contributed by atoms with Crippen molar-refractivity contribution in [2.75, 3.05) is 0 Å². The normalized spacial score (nSPS) is 23.6. The van der Waals surface area contributed by atoms with Crippen LogP contribution in [0.1, 0.15) is 42.1 Å². The van der Waals surface area contributed by atoms with E-state index in [1.165, 1.54) is 23.7 Å². The molecule has 2 aliphatic heterocycles. The zero-order valence-electron chi connectivity index (χ0n) is 13.4. The molecular weight excluding hydrogens is 350 g/mol. The van der Waals surface area contributed by atoms with Gasteiger partial charge in [0.1, 0.15) is 12.0 Å². The van der Waals surface area contributed by atoms with Crippen molar-refractivity contribution >= 4 is 5.97 Å². The average Bonchev–Trinajstić information content (AvgIpc) is 2.53. The summed E-state index contributed by atoms with van der Waals surface area (Å²) in [7, 11) is -4.19. The number of nitrogens with zero attached hydrogens (tertiary/aromatic N) is 1. The Morgan fingerprint density at radius 2 is 1.76 bits per heavy atom. The van der Waals surface area contributed by atoms with E-state index in [-0.39, 0.29) is 24.0 Å². The second-order valence-corrected chi connectivity index (χ2v) is 6.84. The molecule has 2 aromatic rings. The summed E-state index contributed by atoms with van der Waals surface area (Å²) >= 11 is 0. The van der Waals surface area contributed by atoms with Crippen LogP contribution < -0.4 is 9.23 Å². The Morgan fingerprint density at radius 3 is 2.40 bits per heavy atom. The van der Waals surface area contributed by atoms with Gasteiger partial charge in [-0.3, -0.25) is 4.79 Å². The molecule has 0 fully saturated rings. The molecule has 3 heterocycles. The van der Waals surface area contributed by atoms with Crippen molar-refractivity contribution in [3.63, 3.8) is 0 Å². The first-order chi connectivity index (χ1) is 11.8. The molecule has 3 unspecified atom stereocenters. The average molecular weight is 369 g/mol. The van der Waals surface area contributed by atoms with Crippen molar-refractivity contribution in [3.05, 3.63) is 65.5 Å². The summed E-state index contributed by atoms with van der Waals surface area (Å²) in [6.45, 7) is 1.49. The third kappa shape index (κ3) is 3.81. The third-order valence-corrected chi connectivity index (χ3v) is 4.41. The van der Waals surface area contributed by atoms with Crippen LogP contribution in [0.4, 0.5) is 0 Å². The first-order valence-electron chi connectivity index (χ1n) is 7.68. The van der Waals surface area contributed by atoms with Gasteiger partial charge in [-0.25, -0.2) is 0 Å². The molecule has 134 valence electrons. The summed E-state index contributed by atoms with van der Waals surface area (Å²) in [6, 6.07) is 15.0. The molecular formula is C17H19ClNO6+. The zero-order chi connectivity index (χ0) is 18.2. The van der Waals surface area contributed by atoms with Crippen LogP contribution in [0.5, 0.6) is 0 Å². The standard InChI is InChI=1S/C17H16NO2.ClH3O4/c1-11(19)20-16-10-15-12-6-2-3-7-13(12)17(16)14-8-4-5-9-18(14)15;2-1(3,4)5/h2-9,15-17H,10H2,1H3;2-4H/q+1;. The quantitative estimate of drug-likeness (QED) is 0.461. The van der Waals surface area contributed by atoms with E-state index < -0.39 is 10.2 Å². The number of fused-ring (bicyclic) bond motifs is 1. The number of esters is 1. The number of benzene rings is 1. The van der Waals surface area contributed by atoms with E-state index >= 15 is 0 Å². The number of aromatic nitrogens is 1. The molecule has 5 rings (SSSR count). The monoisotopic (exact) mass is 368 g/mol. The number of hydrogen-bond donors (Lipinski definition) is 3. The van der Waals surface area contributed by atoms with Gasteiger partial charge in [0.05, 0.1) is 6.42 Å². The fourth-order valence-electron chi connectivity index (χ4n) is 3.74. The van der Waals surface area contributed by atoms with E-state index in [1.807, 2.05) is 0 Å². The summed E-state index contributed by atoms with van der Waals surface area (Å²) in [5.74, 6) is -0.0381. The number of carbonyl (C=O) groups is 1. The summed E-state index contributed by atoms with van der Waals surface area (Å²) < 4.78 is 38.1. The van der Waals surface area contributed by atoms with Gasteiger partial charge < -0.3 is 4.74 Å². The van der Waals surface area contributed by atoms with Gasteiger partial charge in [0, 0.05) is 24.6 Å².